The molecule has 2 aromatic carbocycles. The van der Waals surface area contributed by atoms with E-state index in [2.05, 4.69) is 0 Å². The molecule has 0 N–H and O–H groups in total. The molecule has 124 valence electrons. The second-order valence-corrected chi connectivity index (χ2v) is 5.69. The fourth-order valence-electron chi connectivity index (χ4n) is 2.90. The van der Waals surface area contributed by atoms with E-state index >= 15 is 0 Å². The minimum absolute atomic E-state index is 0.223. The monoisotopic (exact) mass is 324 g/mol. The Hall–Kier alpha value is -2.82. The van der Waals surface area contributed by atoms with Crippen LogP contribution >= 0.6 is 0 Å². The second kappa shape index (κ2) is 6.74. The van der Waals surface area contributed by atoms with E-state index in [1.807, 2.05) is 49.4 Å². The highest BCUT2D eigenvalue weighted by molar-refractivity contribution is 5.77. The minimum atomic E-state index is -0.275. The van der Waals surface area contributed by atoms with Gasteiger partial charge in [-0.25, -0.2) is 4.79 Å². The summed E-state index contributed by atoms with van der Waals surface area (Å²) in [5, 5.41) is 0.563. The molecule has 1 heterocycles. The Labute approximate surface area is 139 Å². The van der Waals surface area contributed by atoms with Crippen molar-refractivity contribution in [2.75, 3.05) is 7.11 Å². The molecule has 0 amide bonds. The molecule has 0 unspecified atom stereocenters. The molecule has 0 spiro atoms. The normalized spacial score (nSPS) is 10.9. The molecule has 0 aliphatic rings. The predicted octanol–water partition coefficient (Wildman–Crippen LogP) is 2.63. The van der Waals surface area contributed by atoms with Gasteiger partial charge in [0.1, 0.15) is 5.75 Å². The van der Waals surface area contributed by atoms with E-state index in [-0.39, 0.29) is 11.2 Å². The van der Waals surface area contributed by atoms with Gasteiger partial charge in [-0.15, -0.1) is 0 Å². The molecule has 5 nitrogen and oxygen atoms in total. The zero-order valence-electron chi connectivity index (χ0n) is 13.9. The lowest BCUT2D eigenvalue weighted by molar-refractivity contribution is 0.414. The van der Waals surface area contributed by atoms with Gasteiger partial charge in [0.25, 0.3) is 5.56 Å². The molecule has 0 radical (unpaired) electrons. The summed E-state index contributed by atoms with van der Waals surface area (Å²) in [7, 11) is 1.61. The number of hydrogen-bond donors (Lipinski definition) is 0. The highest BCUT2D eigenvalue weighted by Crippen LogP contribution is 2.15. The fraction of sp³-hybridized carbons (Fsp3) is 0.263. The number of methoxy groups -OCH3 is 1. The number of benzene rings is 2. The molecule has 3 aromatic rings. The second-order valence-electron chi connectivity index (χ2n) is 5.69. The van der Waals surface area contributed by atoms with Crippen LogP contribution in [0.2, 0.25) is 0 Å². The van der Waals surface area contributed by atoms with E-state index in [1.165, 1.54) is 4.57 Å². The third-order valence-electron chi connectivity index (χ3n) is 4.05. The first-order chi connectivity index (χ1) is 11.7. The molecular weight excluding hydrogens is 304 g/mol. The topological polar surface area (TPSA) is 53.2 Å². The molecule has 0 bridgehead atoms. The molecule has 0 saturated carbocycles. The van der Waals surface area contributed by atoms with Crippen LogP contribution in [-0.4, -0.2) is 16.2 Å². The highest BCUT2D eigenvalue weighted by atomic mass is 16.5. The SMILES string of the molecule is CCCn1c(=O)c2ccccc2n(Cc2cccc(OC)c2)c1=O. The summed E-state index contributed by atoms with van der Waals surface area (Å²) in [6.45, 7) is 2.76. The van der Waals surface area contributed by atoms with Gasteiger partial charge in [-0.3, -0.25) is 13.9 Å². The van der Waals surface area contributed by atoms with Crippen LogP contribution in [0.1, 0.15) is 18.9 Å². The summed E-state index contributed by atoms with van der Waals surface area (Å²) in [5.74, 6) is 0.742. The van der Waals surface area contributed by atoms with E-state index in [0.717, 1.165) is 17.7 Å². The van der Waals surface area contributed by atoms with Gasteiger partial charge < -0.3 is 4.74 Å². The van der Waals surface area contributed by atoms with Gasteiger partial charge in [0.2, 0.25) is 0 Å². The molecule has 0 atom stereocenters. The average molecular weight is 324 g/mol. The van der Waals surface area contributed by atoms with Crippen LogP contribution in [0.15, 0.2) is 58.1 Å². The van der Waals surface area contributed by atoms with Gasteiger partial charge in [-0.2, -0.15) is 0 Å². The molecule has 3 rings (SSSR count). The fourth-order valence-corrected chi connectivity index (χ4v) is 2.90. The molecule has 0 fully saturated rings. The first-order valence-corrected chi connectivity index (χ1v) is 8.01. The maximum atomic E-state index is 12.8. The van der Waals surface area contributed by atoms with Crippen molar-refractivity contribution in [2.45, 2.75) is 26.4 Å². The summed E-state index contributed by atoms with van der Waals surface area (Å²) in [6.07, 6.45) is 0.729. The number of ether oxygens (including phenoxy) is 1. The number of para-hydroxylation sites is 1. The Morgan fingerprint density at radius 3 is 2.54 bits per heavy atom. The lowest BCUT2D eigenvalue weighted by Crippen LogP contribution is -2.40. The van der Waals surface area contributed by atoms with E-state index in [0.29, 0.717) is 24.0 Å². The third kappa shape index (κ3) is 2.85. The molecule has 24 heavy (non-hydrogen) atoms. The van der Waals surface area contributed by atoms with Crippen molar-refractivity contribution in [3.8, 4) is 5.75 Å². The number of aromatic nitrogens is 2. The van der Waals surface area contributed by atoms with Gasteiger partial charge in [-0.1, -0.05) is 31.2 Å². The molecule has 5 heteroatoms. The molecule has 1 aromatic heterocycles. The molecule has 0 aliphatic heterocycles. The minimum Gasteiger partial charge on any atom is -0.497 e. The zero-order chi connectivity index (χ0) is 17.1. The van der Waals surface area contributed by atoms with Crippen molar-refractivity contribution in [3.05, 3.63) is 74.9 Å². The van der Waals surface area contributed by atoms with Gasteiger partial charge in [0.15, 0.2) is 0 Å². The van der Waals surface area contributed by atoms with E-state index < -0.39 is 0 Å². The smallest absolute Gasteiger partial charge is 0.331 e. The van der Waals surface area contributed by atoms with E-state index in [4.69, 9.17) is 4.74 Å². The Bertz CT molecular complexity index is 986. The first kappa shape index (κ1) is 16.1. The van der Waals surface area contributed by atoms with Crippen LogP contribution in [0, 0.1) is 0 Å². The number of hydrogen-bond acceptors (Lipinski definition) is 3. The molecule has 0 aliphatic carbocycles. The third-order valence-corrected chi connectivity index (χ3v) is 4.05. The van der Waals surface area contributed by atoms with Crippen LogP contribution in [0.3, 0.4) is 0 Å². The lowest BCUT2D eigenvalue weighted by atomic mass is 10.2. The van der Waals surface area contributed by atoms with Crippen molar-refractivity contribution in [3.63, 3.8) is 0 Å². The van der Waals surface area contributed by atoms with Gasteiger partial charge in [0, 0.05) is 6.54 Å². The largest absolute Gasteiger partial charge is 0.497 e. The van der Waals surface area contributed by atoms with Gasteiger partial charge in [0.05, 0.1) is 24.6 Å². The lowest BCUT2D eigenvalue weighted by Gasteiger charge is -2.14. The van der Waals surface area contributed by atoms with Crippen molar-refractivity contribution in [2.24, 2.45) is 0 Å². The van der Waals surface area contributed by atoms with Crippen LogP contribution in [0.25, 0.3) is 10.9 Å². The van der Waals surface area contributed by atoms with Crippen molar-refractivity contribution in [1.29, 1.82) is 0 Å². The highest BCUT2D eigenvalue weighted by Gasteiger charge is 2.12. The Kier molecular flexibility index (Phi) is 4.51. The van der Waals surface area contributed by atoms with Gasteiger partial charge in [-0.05, 0) is 36.2 Å². The number of fused-ring (bicyclic) bond motifs is 1. The summed E-state index contributed by atoms with van der Waals surface area (Å²) in [5.41, 5.74) is 1.11. The maximum Gasteiger partial charge on any atom is 0.331 e. The standard InChI is InChI=1S/C19H20N2O3/c1-3-11-20-18(22)16-9-4-5-10-17(16)21(19(20)23)13-14-7-6-8-15(12-14)24-2/h4-10,12H,3,11,13H2,1-2H3. The van der Waals surface area contributed by atoms with E-state index in [9.17, 15) is 9.59 Å². The summed E-state index contributed by atoms with van der Waals surface area (Å²) in [6, 6.07) is 14.8. The van der Waals surface area contributed by atoms with Gasteiger partial charge >= 0.3 is 5.69 Å². The predicted molar refractivity (Wildman–Crippen MR) is 94.9 cm³/mol. The Morgan fingerprint density at radius 2 is 1.79 bits per heavy atom. The summed E-state index contributed by atoms with van der Waals surface area (Å²) < 4.78 is 8.22. The Morgan fingerprint density at radius 1 is 1.00 bits per heavy atom. The molecular formula is C19H20N2O3. The van der Waals surface area contributed by atoms with Crippen LogP contribution < -0.4 is 16.0 Å². The Balaban J connectivity index is 2.22. The van der Waals surface area contributed by atoms with E-state index in [1.54, 1.807) is 17.7 Å². The van der Waals surface area contributed by atoms with Crippen LogP contribution in [0.5, 0.6) is 5.75 Å². The maximum absolute atomic E-state index is 12.8. The number of nitrogens with zero attached hydrogens (tertiary/aromatic N) is 2. The van der Waals surface area contributed by atoms with Crippen LogP contribution in [-0.2, 0) is 13.1 Å². The molecule has 0 saturated heterocycles. The van der Waals surface area contributed by atoms with Crippen molar-refractivity contribution >= 4 is 10.9 Å². The average Bonchev–Trinajstić information content (AvgIpc) is 2.62. The first-order valence-electron chi connectivity index (χ1n) is 8.01. The quantitative estimate of drug-likeness (QED) is 0.725. The number of rotatable bonds is 5. The van der Waals surface area contributed by atoms with Crippen molar-refractivity contribution in [1.82, 2.24) is 9.13 Å². The van der Waals surface area contributed by atoms with Crippen molar-refractivity contribution < 1.29 is 4.74 Å². The van der Waals surface area contributed by atoms with Crippen LogP contribution in [0.4, 0.5) is 0 Å². The summed E-state index contributed by atoms with van der Waals surface area (Å²) >= 11 is 0. The summed E-state index contributed by atoms with van der Waals surface area (Å²) in [4.78, 5) is 25.4. The zero-order valence-corrected chi connectivity index (χ0v) is 13.9.